The number of hydrogen-bond acceptors (Lipinski definition) is 7. The molecule has 4 aromatic rings. The number of carbonyl (C=O) groups is 1. The molecule has 9 nitrogen and oxygen atoms in total. The number of H-pyrrole nitrogens is 1. The average Bonchev–Trinajstić information content (AvgIpc) is 3.44. The highest BCUT2D eigenvalue weighted by Crippen LogP contribution is 2.32. The van der Waals surface area contributed by atoms with E-state index in [1.54, 1.807) is 41.4 Å². The molecule has 0 unspecified atom stereocenters. The van der Waals surface area contributed by atoms with Crippen LogP contribution in [0.2, 0.25) is 0 Å². The van der Waals surface area contributed by atoms with Gasteiger partial charge in [0, 0.05) is 12.1 Å². The molecule has 0 bridgehead atoms. The van der Waals surface area contributed by atoms with Crippen molar-refractivity contribution in [2.24, 2.45) is 0 Å². The van der Waals surface area contributed by atoms with Gasteiger partial charge in [0.15, 0.2) is 15.7 Å². The zero-order valence-electron chi connectivity index (χ0n) is 15.4. The number of benzene rings is 1. The van der Waals surface area contributed by atoms with Crippen LogP contribution in [0.5, 0.6) is 0 Å². The number of nitrogens with zero attached hydrogens (tertiary/aromatic N) is 6. The molecule has 0 saturated carbocycles. The summed E-state index contributed by atoms with van der Waals surface area (Å²) in [6.07, 6.45) is 4.80. The lowest BCUT2D eigenvalue weighted by Crippen LogP contribution is -2.11. The van der Waals surface area contributed by atoms with Crippen molar-refractivity contribution in [1.82, 2.24) is 34.5 Å². The zero-order valence-corrected chi connectivity index (χ0v) is 17.0. The first-order valence-corrected chi connectivity index (χ1v) is 9.79. The maximum atomic E-state index is 12.6. The Bertz CT molecular complexity index is 1220. The van der Waals surface area contributed by atoms with E-state index in [1.165, 1.54) is 17.7 Å². The largest absolute Gasteiger partial charge is 0.298 e. The Balaban J connectivity index is 1.55. The predicted octanol–water partition coefficient (Wildman–Crippen LogP) is 3.39. The van der Waals surface area contributed by atoms with Crippen LogP contribution in [0.3, 0.4) is 0 Å². The lowest BCUT2D eigenvalue weighted by molar-refractivity contribution is 0.102. The molecule has 1 aromatic carbocycles. The maximum Gasteiger partial charge on any atom is 0.257 e. The Morgan fingerprint density at radius 1 is 1.38 bits per heavy atom. The summed E-state index contributed by atoms with van der Waals surface area (Å²) in [5, 5.41) is 14.5. The molecule has 0 atom stereocenters. The number of thiazole rings is 1. The lowest BCUT2D eigenvalue weighted by Gasteiger charge is -2.04. The van der Waals surface area contributed by atoms with E-state index in [1.807, 2.05) is 11.5 Å². The number of anilines is 1. The fourth-order valence-electron chi connectivity index (χ4n) is 2.72. The summed E-state index contributed by atoms with van der Waals surface area (Å²) >= 11 is 6.60. The molecule has 0 radical (unpaired) electrons. The third-order valence-electron chi connectivity index (χ3n) is 4.10. The van der Waals surface area contributed by atoms with Gasteiger partial charge in [-0.05, 0) is 43.4 Å². The maximum absolute atomic E-state index is 12.6. The van der Waals surface area contributed by atoms with Crippen LogP contribution >= 0.6 is 23.6 Å². The van der Waals surface area contributed by atoms with Crippen molar-refractivity contribution in [1.29, 1.82) is 0 Å². The minimum atomic E-state index is -0.250. The van der Waals surface area contributed by atoms with Crippen molar-refractivity contribution in [3.05, 3.63) is 65.6 Å². The van der Waals surface area contributed by atoms with Crippen molar-refractivity contribution in [3.63, 3.8) is 0 Å². The van der Waals surface area contributed by atoms with E-state index < -0.39 is 0 Å². The summed E-state index contributed by atoms with van der Waals surface area (Å²) in [5.74, 6) is 0.419. The normalized spacial score (nSPS) is 10.8. The van der Waals surface area contributed by atoms with Gasteiger partial charge in [0.25, 0.3) is 5.91 Å². The van der Waals surface area contributed by atoms with E-state index in [-0.39, 0.29) is 5.91 Å². The van der Waals surface area contributed by atoms with Crippen LogP contribution in [0.15, 0.2) is 49.6 Å². The quantitative estimate of drug-likeness (QED) is 0.363. The first-order chi connectivity index (χ1) is 14.1. The molecule has 29 heavy (non-hydrogen) atoms. The smallest absolute Gasteiger partial charge is 0.257 e. The second kappa shape index (κ2) is 7.89. The molecule has 146 valence electrons. The monoisotopic (exact) mass is 424 g/mol. The fraction of sp³-hybridized carbons (Fsp3) is 0.111. The molecule has 4 rings (SSSR count). The third-order valence-corrected chi connectivity index (χ3v) is 5.48. The fourth-order valence-corrected chi connectivity index (χ4v) is 3.89. The molecule has 2 N–H and O–H groups in total. The number of rotatable bonds is 6. The molecule has 3 heterocycles. The molecule has 0 fully saturated rings. The SMILES string of the molecule is C=CCn1c(-c2sc(NC(=O)c3ccc(-n4cncn4)cc3)nc2C)n[nH]c1=S. The zero-order chi connectivity index (χ0) is 20.4. The first kappa shape index (κ1) is 18.9. The van der Waals surface area contributed by atoms with Gasteiger partial charge in [-0.1, -0.05) is 17.4 Å². The summed E-state index contributed by atoms with van der Waals surface area (Å²) in [6.45, 7) is 6.14. The summed E-state index contributed by atoms with van der Waals surface area (Å²) in [4.78, 5) is 21.8. The van der Waals surface area contributed by atoms with E-state index >= 15 is 0 Å². The van der Waals surface area contributed by atoms with Crippen LogP contribution in [0.1, 0.15) is 16.1 Å². The van der Waals surface area contributed by atoms with Crippen LogP contribution < -0.4 is 5.32 Å². The summed E-state index contributed by atoms with van der Waals surface area (Å²) in [7, 11) is 0. The van der Waals surface area contributed by atoms with E-state index in [9.17, 15) is 4.79 Å². The van der Waals surface area contributed by atoms with E-state index in [4.69, 9.17) is 12.2 Å². The average molecular weight is 425 g/mol. The highest BCUT2D eigenvalue weighted by atomic mass is 32.1. The number of allylic oxidation sites excluding steroid dienone is 1. The first-order valence-electron chi connectivity index (χ1n) is 8.57. The van der Waals surface area contributed by atoms with Crippen LogP contribution in [0, 0.1) is 11.7 Å². The lowest BCUT2D eigenvalue weighted by atomic mass is 10.2. The minimum Gasteiger partial charge on any atom is -0.298 e. The number of hydrogen-bond donors (Lipinski definition) is 2. The van der Waals surface area contributed by atoms with Gasteiger partial charge in [-0.2, -0.15) is 10.2 Å². The molecule has 11 heteroatoms. The Hall–Kier alpha value is -3.44. The molecular formula is C18H16N8OS2. The minimum absolute atomic E-state index is 0.250. The van der Waals surface area contributed by atoms with Gasteiger partial charge in [-0.15, -0.1) is 6.58 Å². The highest BCUT2D eigenvalue weighted by Gasteiger charge is 2.17. The molecule has 0 aliphatic rings. The van der Waals surface area contributed by atoms with Crippen molar-refractivity contribution in [2.75, 3.05) is 5.32 Å². The number of carbonyl (C=O) groups excluding carboxylic acids is 1. The second-order valence-corrected chi connectivity index (χ2v) is 7.41. The molecule has 0 saturated heterocycles. The molecule has 3 aromatic heterocycles. The van der Waals surface area contributed by atoms with Crippen LogP contribution in [-0.4, -0.2) is 40.4 Å². The topological polar surface area (TPSA) is 106 Å². The van der Waals surface area contributed by atoms with E-state index in [0.29, 0.717) is 27.8 Å². The van der Waals surface area contributed by atoms with E-state index in [0.717, 1.165) is 16.3 Å². The second-order valence-electron chi connectivity index (χ2n) is 6.03. The van der Waals surface area contributed by atoms with Crippen LogP contribution in [0.4, 0.5) is 5.13 Å². The van der Waals surface area contributed by atoms with Crippen molar-refractivity contribution >= 4 is 34.6 Å². The van der Waals surface area contributed by atoms with E-state index in [2.05, 4.69) is 37.2 Å². The van der Waals surface area contributed by atoms with Crippen LogP contribution in [0.25, 0.3) is 16.4 Å². The van der Waals surface area contributed by atoms with Crippen molar-refractivity contribution in [2.45, 2.75) is 13.5 Å². The predicted molar refractivity (Wildman–Crippen MR) is 113 cm³/mol. The summed E-state index contributed by atoms with van der Waals surface area (Å²) in [6, 6.07) is 7.05. The van der Waals surface area contributed by atoms with Gasteiger partial charge in [0.1, 0.15) is 12.7 Å². The van der Waals surface area contributed by atoms with Gasteiger partial charge in [-0.3, -0.25) is 19.8 Å². The number of amides is 1. The van der Waals surface area contributed by atoms with Crippen molar-refractivity contribution < 1.29 is 4.79 Å². The molecule has 0 aliphatic carbocycles. The molecule has 0 aliphatic heterocycles. The van der Waals surface area contributed by atoms with Gasteiger partial charge in [-0.25, -0.2) is 14.6 Å². The standard InChI is InChI=1S/C18H16N8OS2/c1-3-8-25-15(23-24-18(25)28)14-11(2)21-17(29-14)22-16(27)12-4-6-13(7-5-12)26-10-19-9-20-26/h3-7,9-10H,1,8H2,2H3,(H,24,28)(H,21,22,27). The van der Waals surface area contributed by atoms with Gasteiger partial charge in [0.05, 0.1) is 16.3 Å². The summed E-state index contributed by atoms with van der Waals surface area (Å²) in [5.41, 5.74) is 2.08. The van der Waals surface area contributed by atoms with Gasteiger partial charge >= 0.3 is 0 Å². The van der Waals surface area contributed by atoms with Crippen molar-refractivity contribution in [3.8, 4) is 16.4 Å². The molecular weight excluding hydrogens is 408 g/mol. The number of aromatic nitrogens is 7. The Morgan fingerprint density at radius 3 is 2.86 bits per heavy atom. The van der Waals surface area contributed by atoms with Crippen LogP contribution in [-0.2, 0) is 6.54 Å². The number of nitrogens with one attached hydrogen (secondary N) is 2. The Morgan fingerprint density at radius 2 is 2.17 bits per heavy atom. The third kappa shape index (κ3) is 3.77. The number of aryl methyl sites for hydroxylation is 1. The summed E-state index contributed by atoms with van der Waals surface area (Å²) < 4.78 is 3.95. The molecule has 0 spiro atoms. The van der Waals surface area contributed by atoms with Gasteiger partial charge < -0.3 is 0 Å². The molecule has 1 amide bonds. The number of aromatic amines is 1. The Labute approximate surface area is 174 Å². The Kier molecular flexibility index (Phi) is 5.14. The van der Waals surface area contributed by atoms with Gasteiger partial charge in [0.2, 0.25) is 0 Å². The highest BCUT2D eigenvalue weighted by molar-refractivity contribution is 7.71.